The van der Waals surface area contributed by atoms with Gasteiger partial charge in [0, 0.05) is 16.7 Å². The summed E-state index contributed by atoms with van der Waals surface area (Å²) < 4.78 is 11.1. The van der Waals surface area contributed by atoms with E-state index < -0.39 is 0 Å². The van der Waals surface area contributed by atoms with Crippen LogP contribution in [0, 0.1) is 6.92 Å². The summed E-state index contributed by atoms with van der Waals surface area (Å²) in [4.78, 5) is 0. The quantitative estimate of drug-likeness (QED) is 0.183. The molecule has 0 unspecified atom stereocenters. The molecule has 8 rings (SSSR count). The third-order valence-electron chi connectivity index (χ3n) is 8.04. The van der Waals surface area contributed by atoms with Gasteiger partial charge in [-0.15, -0.1) is 20.4 Å². The molecule has 232 valence electrons. The molecule has 1 aliphatic carbocycles. The zero-order chi connectivity index (χ0) is 32.5. The molecule has 2 aromatic heterocycles. The van der Waals surface area contributed by atoms with E-state index in [-0.39, 0.29) is 0 Å². The molecule has 0 spiro atoms. The van der Waals surface area contributed by atoms with E-state index in [1.165, 1.54) is 39.8 Å². The highest BCUT2D eigenvalue weighted by Gasteiger charge is 2.12. The van der Waals surface area contributed by atoms with Gasteiger partial charge in [0.1, 0.15) is 0 Å². The number of hydrogen-bond acceptors (Lipinski definition) is 6. The highest BCUT2D eigenvalue weighted by Crippen LogP contribution is 2.29. The van der Waals surface area contributed by atoms with Crippen LogP contribution >= 0.6 is 0 Å². The molecule has 48 heavy (non-hydrogen) atoms. The van der Waals surface area contributed by atoms with E-state index in [2.05, 4.69) is 130 Å². The lowest BCUT2D eigenvalue weighted by atomic mass is 10.0. The summed E-state index contributed by atoms with van der Waals surface area (Å²) >= 11 is 0. The number of rotatable bonds is 6. The molecule has 0 atom stereocenters. The van der Waals surface area contributed by atoms with Crippen molar-refractivity contribution in [1.29, 1.82) is 0 Å². The van der Waals surface area contributed by atoms with Crippen molar-refractivity contribution in [3.63, 3.8) is 0 Å². The summed E-state index contributed by atoms with van der Waals surface area (Å²) in [5.74, 6) is 1.60. The second-order valence-corrected chi connectivity index (χ2v) is 11.3. The predicted molar refractivity (Wildman–Crippen MR) is 191 cm³/mol. The van der Waals surface area contributed by atoms with Gasteiger partial charge in [-0.2, -0.15) is 0 Å². The summed E-state index contributed by atoms with van der Waals surface area (Å²) in [6, 6.07) is 43.3. The average Bonchev–Trinajstić information content (AvgIpc) is 3.81. The van der Waals surface area contributed by atoms with Crippen LogP contribution in [-0.2, 0) is 0 Å². The molecular formula is C42H32N4O2. The molecule has 0 saturated carbocycles. The van der Waals surface area contributed by atoms with E-state index >= 15 is 0 Å². The lowest BCUT2D eigenvalue weighted by molar-refractivity contribution is 0.568. The minimum Gasteiger partial charge on any atom is -0.423 e. The molecular weight excluding hydrogens is 592 g/mol. The third-order valence-corrected chi connectivity index (χ3v) is 8.04. The van der Waals surface area contributed by atoms with Gasteiger partial charge in [-0.1, -0.05) is 127 Å². The van der Waals surface area contributed by atoms with Crippen LogP contribution in [0.2, 0.25) is 0 Å². The predicted octanol–water partition coefficient (Wildman–Crippen LogP) is 10.7. The molecule has 0 radical (unpaired) electrons. The van der Waals surface area contributed by atoms with Crippen LogP contribution in [0.3, 0.4) is 0 Å². The van der Waals surface area contributed by atoms with Crippen molar-refractivity contribution in [1.82, 2.24) is 20.4 Å². The van der Waals surface area contributed by atoms with Crippen LogP contribution in [-0.4, -0.2) is 20.4 Å². The SMILES string of the molecule is Cc1ccc(-c2ccc(-c3nnc(-c4ccc(C5=CC=CC=CC5)cc4)o3)cc2)cc1.c1ccc(-c2ccc(-c3nnco3)cc2)cc1. The Labute approximate surface area is 279 Å². The zero-order valence-electron chi connectivity index (χ0n) is 26.4. The number of hydrogen-bond donors (Lipinski definition) is 0. The van der Waals surface area contributed by atoms with E-state index in [1.54, 1.807) is 0 Å². The zero-order valence-corrected chi connectivity index (χ0v) is 26.4. The van der Waals surface area contributed by atoms with Crippen LogP contribution in [0.5, 0.6) is 0 Å². The lowest BCUT2D eigenvalue weighted by Gasteiger charge is -2.05. The molecule has 0 aliphatic heterocycles. The molecule has 0 fully saturated rings. The van der Waals surface area contributed by atoms with Gasteiger partial charge < -0.3 is 8.83 Å². The topological polar surface area (TPSA) is 77.8 Å². The minimum atomic E-state index is 0.524. The number of allylic oxidation sites excluding steroid dienone is 6. The molecule has 1 aliphatic rings. The number of aromatic nitrogens is 4. The molecule has 0 N–H and O–H groups in total. The fraction of sp³-hybridized carbons (Fsp3) is 0.0476. The first kappa shape index (κ1) is 30.3. The van der Waals surface area contributed by atoms with Crippen LogP contribution in [0.1, 0.15) is 17.5 Å². The molecule has 0 bridgehead atoms. The molecule has 2 heterocycles. The maximum Gasteiger partial charge on any atom is 0.248 e. The summed E-state index contributed by atoms with van der Waals surface area (Å²) in [6.45, 7) is 2.09. The first-order valence-electron chi connectivity index (χ1n) is 15.8. The normalized spacial score (nSPS) is 12.1. The van der Waals surface area contributed by atoms with Gasteiger partial charge in [0.05, 0.1) is 0 Å². The van der Waals surface area contributed by atoms with Crippen LogP contribution in [0.15, 0.2) is 173 Å². The molecule has 7 aromatic rings. The first-order valence-corrected chi connectivity index (χ1v) is 15.8. The van der Waals surface area contributed by atoms with E-state index in [0.717, 1.165) is 28.7 Å². The van der Waals surface area contributed by atoms with Crippen molar-refractivity contribution in [2.75, 3.05) is 0 Å². The van der Waals surface area contributed by atoms with Crippen molar-refractivity contribution in [2.24, 2.45) is 0 Å². The van der Waals surface area contributed by atoms with Crippen molar-refractivity contribution < 1.29 is 8.83 Å². The Hall–Kier alpha value is -6.40. The molecule has 0 saturated heterocycles. The fourth-order valence-electron chi connectivity index (χ4n) is 5.36. The van der Waals surface area contributed by atoms with Crippen LogP contribution in [0.25, 0.3) is 62.2 Å². The average molecular weight is 625 g/mol. The van der Waals surface area contributed by atoms with Gasteiger partial charge >= 0.3 is 0 Å². The van der Waals surface area contributed by atoms with Gasteiger partial charge in [0.15, 0.2) is 0 Å². The fourth-order valence-corrected chi connectivity index (χ4v) is 5.36. The standard InChI is InChI=1S/C28H22N2O.C14H10N2O/c1-20-8-10-22(11-9-20)24-14-18-26(19-15-24)28-30-29-27(31-28)25-16-12-23(13-17-25)21-6-4-2-3-5-7-21;1-2-4-11(5-3-1)12-6-8-13(9-7-12)14-16-15-10-17-14/h2-6,8-19H,7H2,1H3;1-10H. The minimum absolute atomic E-state index is 0.524. The van der Waals surface area contributed by atoms with E-state index in [0.29, 0.717) is 17.7 Å². The molecule has 6 nitrogen and oxygen atoms in total. The summed E-state index contributed by atoms with van der Waals surface area (Å²) in [5.41, 5.74) is 11.2. The largest absolute Gasteiger partial charge is 0.423 e. The van der Waals surface area contributed by atoms with Gasteiger partial charge in [0.2, 0.25) is 24.1 Å². The monoisotopic (exact) mass is 624 g/mol. The van der Waals surface area contributed by atoms with Crippen molar-refractivity contribution >= 4 is 5.57 Å². The Balaban J connectivity index is 0.000000180. The van der Waals surface area contributed by atoms with Crippen molar-refractivity contribution in [2.45, 2.75) is 13.3 Å². The highest BCUT2D eigenvalue weighted by molar-refractivity contribution is 5.72. The van der Waals surface area contributed by atoms with Gasteiger partial charge in [0.25, 0.3) is 0 Å². The van der Waals surface area contributed by atoms with Crippen molar-refractivity contribution in [3.8, 4) is 56.6 Å². The number of benzene rings is 5. The smallest absolute Gasteiger partial charge is 0.248 e. The molecule has 5 aromatic carbocycles. The summed E-state index contributed by atoms with van der Waals surface area (Å²) in [5, 5.41) is 16.0. The van der Waals surface area contributed by atoms with E-state index in [9.17, 15) is 0 Å². The molecule has 6 heteroatoms. The maximum absolute atomic E-state index is 5.96. The summed E-state index contributed by atoms with van der Waals surface area (Å²) in [6.07, 6.45) is 12.8. The van der Waals surface area contributed by atoms with E-state index in [4.69, 9.17) is 8.83 Å². The Bertz CT molecular complexity index is 2160. The second-order valence-electron chi connectivity index (χ2n) is 11.3. The Morgan fingerprint density at radius 2 is 0.958 bits per heavy atom. The molecule has 0 amide bonds. The van der Waals surface area contributed by atoms with E-state index in [1.807, 2.05) is 54.6 Å². The first-order chi connectivity index (χ1) is 23.7. The Morgan fingerprint density at radius 1 is 0.458 bits per heavy atom. The second kappa shape index (κ2) is 14.4. The maximum atomic E-state index is 5.96. The summed E-state index contributed by atoms with van der Waals surface area (Å²) in [7, 11) is 0. The third kappa shape index (κ3) is 7.19. The van der Waals surface area contributed by atoms with Crippen LogP contribution < -0.4 is 0 Å². The highest BCUT2D eigenvalue weighted by atomic mass is 16.4. The number of nitrogens with zero attached hydrogens (tertiary/aromatic N) is 4. The van der Waals surface area contributed by atoms with Gasteiger partial charge in [-0.3, -0.25) is 0 Å². The van der Waals surface area contributed by atoms with Crippen molar-refractivity contribution in [3.05, 3.63) is 175 Å². The number of aryl methyl sites for hydroxylation is 1. The lowest BCUT2D eigenvalue weighted by Crippen LogP contribution is -1.84. The van der Waals surface area contributed by atoms with Crippen LogP contribution in [0.4, 0.5) is 0 Å². The Morgan fingerprint density at radius 3 is 1.52 bits per heavy atom. The Kier molecular flexibility index (Phi) is 9.05. The van der Waals surface area contributed by atoms with Gasteiger partial charge in [-0.25, -0.2) is 0 Å². The van der Waals surface area contributed by atoms with Gasteiger partial charge in [-0.05, 0) is 83.1 Å².